The van der Waals surface area contributed by atoms with Crippen LogP contribution in [0.25, 0.3) is 5.78 Å². The van der Waals surface area contributed by atoms with Crippen LogP contribution in [0.15, 0.2) is 6.33 Å². The van der Waals surface area contributed by atoms with Crippen molar-refractivity contribution in [3.8, 4) is 0 Å². The number of methoxy groups -OCH3 is 1. The minimum atomic E-state index is -0.347. The highest BCUT2D eigenvalue weighted by atomic mass is 16.5. The third kappa shape index (κ3) is 3.69. The van der Waals surface area contributed by atoms with Gasteiger partial charge in [-0.05, 0) is 25.8 Å². The van der Waals surface area contributed by atoms with Gasteiger partial charge < -0.3 is 9.64 Å². The van der Waals surface area contributed by atoms with Crippen LogP contribution in [-0.2, 0) is 20.7 Å². The Bertz CT molecular complexity index is 755. The van der Waals surface area contributed by atoms with Gasteiger partial charge in [0.15, 0.2) is 0 Å². The number of fused-ring (bicyclic) bond motifs is 1. The van der Waals surface area contributed by atoms with Crippen LogP contribution in [0, 0.1) is 19.8 Å². The highest BCUT2D eigenvalue weighted by Crippen LogP contribution is 2.15. The third-order valence-electron chi connectivity index (χ3n) is 4.15. The summed E-state index contributed by atoms with van der Waals surface area (Å²) in [6.07, 6.45) is 2.37. The van der Waals surface area contributed by atoms with Gasteiger partial charge in [0.05, 0.1) is 13.0 Å². The molecular weight excluding hydrogens is 310 g/mol. The fraction of sp³-hybridized carbons (Fsp3) is 0.562. The molecule has 0 aromatic carbocycles. The SMILES string of the molecule is COC(=O)C(C)CN(C)C(=O)CCc1c(C)nc2ncnn2c1C. The molecule has 0 N–H and O–H groups in total. The van der Waals surface area contributed by atoms with Crippen LogP contribution in [0.3, 0.4) is 0 Å². The molecule has 0 aliphatic heterocycles. The summed E-state index contributed by atoms with van der Waals surface area (Å²) >= 11 is 0. The molecule has 0 fully saturated rings. The van der Waals surface area contributed by atoms with Gasteiger partial charge in [-0.25, -0.2) is 9.50 Å². The average Bonchev–Trinajstić information content (AvgIpc) is 3.01. The average molecular weight is 333 g/mol. The minimum Gasteiger partial charge on any atom is -0.469 e. The molecule has 0 bridgehead atoms. The van der Waals surface area contributed by atoms with Crippen molar-refractivity contribution in [1.29, 1.82) is 0 Å². The highest BCUT2D eigenvalue weighted by Gasteiger charge is 2.19. The number of nitrogens with zero attached hydrogens (tertiary/aromatic N) is 5. The topological polar surface area (TPSA) is 89.7 Å². The van der Waals surface area contributed by atoms with Gasteiger partial charge in [0, 0.05) is 31.4 Å². The largest absolute Gasteiger partial charge is 0.469 e. The Kier molecular flexibility index (Phi) is 5.48. The van der Waals surface area contributed by atoms with Gasteiger partial charge in [-0.1, -0.05) is 6.92 Å². The zero-order valence-corrected chi connectivity index (χ0v) is 14.7. The monoisotopic (exact) mass is 333 g/mol. The fourth-order valence-corrected chi connectivity index (χ4v) is 2.73. The Balaban J connectivity index is 2.02. The molecular formula is C16H23N5O3. The lowest BCUT2D eigenvalue weighted by Gasteiger charge is -2.20. The molecule has 0 saturated heterocycles. The molecule has 1 amide bonds. The summed E-state index contributed by atoms with van der Waals surface area (Å²) in [6, 6.07) is 0. The molecule has 0 aliphatic rings. The Labute approximate surface area is 140 Å². The second-order valence-corrected chi connectivity index (χ2v) is 5.93. The first-order valence-electron chi connectivity index (χ1n) is 7.82. The molecule has 2 aromatic heterocycles. The predicted molar refractivity (Wildman–Crippen MR) is 87.4 cm³/mol. The number of esters is 1. The van der Waals surface area contributed by atoms with Crippen LogP contribution >= 0.6 is 0 Å². The maximum Gasteiger partial charge on any atom is 0.310 e. The van der Waals surface area contributed by atoms with Crippen molar-refractivity contribution in [2.45, 2.75) is 33.6 Å². The van der Waals surface area contributed by atoms with Gasteiger partial charge in [-0.3, -0.25) is 9.59 Å². The second kappa shape index (κ2) is 7.37. The molecule has 24 heavy (non-hydrogen) atoms. The van der Waals surface area contributed by atoms with E-state index in [1.165, 1.54) is 13.4 Å². The Hall–Kier alpha value is -2.51. The maximum atomic E-state index is 12.3. The zero-order chi connectivity index (χ0) is 17.9. The number of carbonyl (C=O) groups is 2. The Morgan fingerprint density at radius 1 is 1.38 bits per heavy atom. The van der Waals surface area contributed by atoms with Crippen molar-refractivity contribution < 1.29 is 14.3 Å². The highest BCUT2D eigenvalue weighted by molar-refractivity contribution is 5.78. The van der Waals surface area contributed by atoms with Crippen molar-refractivity contribution in [2.75, 3.05) is 20.7 Å². The van der Waals surface area contributed by atoms with E-state index in [9.17, 15) is 9.59 Å². The molecule has 1 atom stereocenters. The van der Waals surface area contributed by atoms with Gasteiger partial charge in [0.25, 0.3) is 5.78 Å². The molecule has 1 unspecified atom stereocenters. The number of ether oxygens (including phenoxy) is 1. The summed E-state index contributed by atoms with van der Waals surface area (Å²) in [5, 5.41) is 4.15. The van der Waals surface area contributed by atoms with Crippen LogP contribution in [-0.4, -0.2) is 57.1 Å². The molecule has 0 spiro atoms. The van der Waals surface area contributed by atoms with Gasteiger partial charge in [0.1, 0.15) is 6.33 Å². The van der Waals surface area contributed by atoms with Crippen LogP contribution < -0.4 is 0 Å². The summed E-state index contributed by atoms with van der Waals surface area (Å²) in [6.45, 7) is 5.93. The molecule has 2 rings (SSSR count). The lowest BCUT2D eigenvalue weighted by molar-refractivity contribution is -0.146. The van der Waals surface area contributed by atoms with Crippen molar-refractivity contribution in [3.63, 3.8) is 0 Å². The van der Waals surface area contributed by atoms with Crippen LogP contribution in [0.5, 0.6) is 0 Å². The summed E-state index contributed by atoms with van der Waals surface area (Å²) in [5.74, 6) is -0.130. The van der Waals surface area contributed by atoms with E-state index in [1.54, 1.807) is 23.4 Å². The Morgan fingerprint density at radius 2 is 2.08 bits per heavy atom. The second-order valence-electron chi connectivity index (χ2n) is 5.93. The van der Waals surface area contributed by atoms with Crippen LogP contribution in [0.4, 0.5) is 0 Å². The van der Waals surface area contributed by atoms with Gasteiger partial charge in [-0.15, -0.1) is 0 Å². The number of rotatable bonds is 6. The quantitative estimate of drug-likeness (QED) is 0.731. The number of aryl methyl sites for hydroxylation is 2. The van der Waals surface area contributed by atoms with Crippen LogP contribution in [0.2, 0.25) is 0 Å². The van der Waals surface area contributed by atoms with Crippen molar-refractivity contribution in [2.24, 2.45) is 5.92 Å². The summed E-state index contributed by atoms with van der Waals surface area (Å²) in [7, 11) is 3.04. The van der Waals surface area contributed by atoms with E-state index in [0.29, 0.717) is 25.2 Å². The predicted octanol–water partition coefficient (Wildman–Crippen LogP) is 0.941. The maximum absolute atomic E-state index is 12.3. The molecule has 0 saturated carbocycles. The van der Waals surface area contributed by atoms with E-state index < -0.39 is 0 Å². The molecule has 8 nitrogen and oxygen atoms in total. The molecule has 130 valence electrons. The number of aromatic nitrogens is 4. The number of hydrogen-bond donors (Lipinski definition) is 0. The number of hydrogen-bond acceptors (Lipinski definition) is 6. The third-order valence-corrected chi connectivity index (χ3v) is 4.15. The van der Waals surface area contributed by atoms with E-state index in [1.807, 2.05) is 13.8 Å². The molecule has 2 heterocycles. The van der Waals surface area contributed by atoms with E-state index >= 15 is 0 Å². The Morgan fingerprint density at radius 3 is 2.75 bits per heavy atom. The molecule has 0 aliphatic carbocycles. The van der Waals surface area contributed by atoms with E-state index in [0.717, 1.165) is 17.0 Å². The smallest absolute Gasteiger partial charge is 0.310 e. The van der Waals surface area contributed by atoms with Crippen molar-refractivity contribution in [3.05, 3.63) is 23.3 Å². The van der Waals surface area contributed by atoms with E-state index in [2.05, 4.69) is 19.8 Å². The summed E-state index contributed by atoms with van der Waals surface area (Å²) in [5.41, 5.74) is 2.79. The first kappa shape index (κ1) is 17.8. The van der Waals surface area contributed by atoms with Crippen LogP contribution in [0.1, 0.15) is 30.3 Å². The van der Waals surface area contributed by atoms with Gasteiger partial charge in [0.2, 0.25) is 5.91 Å². The standard InChI is InChI=1S/C16H23N5O3/c1-10(15(23)24-5)8-20(4)14(22)7-6-13-11(2)19-16-17-9-18-21(16)12(13)3/h9-10H,6-8H2,1-5H3. The van der Waals surface area contributed by atoms with Gasteiger partial charge in [-0.2, -0.15) is 10.1 Å². The minimum absolute atomic E-state index is 0.0248. The first-order valence-corrected chi connectivity index (χ1v) is 7.82. The summed E-state index contributed by atoms with van der Waals surface area (Å²) < 4.78 is 6.36. The van der Waals surface area contributed by atoms with Crippen molar-refractivity contribution in [1.82, 2.24) is 24.5 Å². The van der Waals surface area contributed by atoms with E-state index in [4.69, 9.17) is 0 Å². The normalized spacial score (nSPS) is 12.2. The lowest BCUT2D eigenvalue weighted by atomic mass is 10.1. The van der Waals surface area contributed by atoms with E-state index in [-0.39, 0.29) is 17.8 Å². The number of amides is 1. The lowest BCUT2D eigenvalue weighted by Crippen LogP contribution is -2.34. The van der Waals surface area contributed by atoms with Gasteiger partial charge >= 0.3 is 5.97 Å². The first-order chi connectivity index (χ1) is 11.3. The number of carbonyl (C=O) groups excluding carboxylic acids is 2. The molecule has 0 radical (unpaired) electrons. The van der Waals surface area contributed by atoms with Crippen molar-refractivity contribution >= 4 is 17.7 Å². The molecule has 2 aromatic rings. The fourth-order valence-electron chi connectivity index (χ4n) is 2.73. The molecule has 8 heteroatoms. The zero-order valence-electron chi connectivity index (χ0n) is 14.7. The summed E-state index contributed by atoms with van der Waals surface area (Å²) in [4.78, 5) is 33.8.